The van der Waals surface area contributed by atoms with E-state index in [-0.39, 0.29) is 12.6 Å². The Morgan fingerprint density at radius 1 is 1.33 bits per heavy atom. The maximum absolute atomic E-state index is 9.55. The molecule has 0 saturated heterocycles. The highest BCUT2D eigenvalue weighted by Crippen LogP contribution is 2.36. The zero-order valence-corrected chi connectivity index (χ0v) is 13.8. The van der Waals surface area contributed by atoms with Gasteiger partial charge in [-0.25, -0.2) is 0 Å². The molecule has 1 atom stereocenters. The number of para-hydroxylation sites is 1. The SMILES string of the molecule is Cc1ccccc1NC(CO)c1cc(Br)c(Br)s1. The van der Waals surface area contributed by atoms with E-state index in [0.717, 1.165) is 18.8 Å². The summed E-state index contributed by atoms with van der Waals surface area (Å²) in [6, 6.07) is 10.0. The van der Waals surface area contributed by atoms with Crippen LogP contribution in [-0.2, 0) is 0 Å². The van der Waals surface area contributed by atoms with Crippen LogP contribution in [0, 0.1) is 6.92 Å². The van der Waals surface area contributed by atoms with Gasteiger partial charge in [0.1, 0.15) is 0 Å². The van der Waals surface area contributed by atoms with E-state index in [9.17, 15) is 5.11 Å². The standard InChI is InChI=1S/C13H13Br2NOS/c1-8-4-2-3-5-10(8)16-11(7-17)12-6-9(14)13(15)18-12/h2-6,11,16-17H,7H2,1H3. The van der Waals surface area contributed by atoms with Crippen LogP contribution in [0.3, 0.4) is 0 Å². The van der Waals surface area contributed by atoms with Gasteiger partial charge in [-0.2, -0.15) is 0 Å². The Morgan fingerprint density at radius 3 is 2.61 bits per heavy atom. The number of anilines is 1. The van der Waals surface area contributed by atoms with Crippen LogP contribution in [0.25, 0.3) is 0 Å². The number of halogens is 2. The molecular weight excluding hydrogens is 378 g/mol. The van der Waals surface area contributed by atoms with Crippen LogP contribution >= 0.6 is 43.2 Å². The van der Waals surface area contributed by atoms with Crippen LogP contribution in [0.1, 0.15) is 16.5 Å². The first kappa shape index (κ1) is 14.1. The summed E-state index contributed by atoms with van der Waals surface area (Å²) in [4.78, 5) is 1.10. The molecule has 18 heavy (non-hydrogen) atoms. The average molecular weight is 391 g/mol. The highest BCUT2D eigenvalue weighted by Gasteiger charge is 2.15. The molecule has 1 unspecified atom stereocenters. The van der Waals surface area contributed by atoms with Gasteiger partial charge in [0.05, 0.1) is 16.4 Å². The number of aliphatic hydroxyl groups excluding tert-OH is 1. The molecule has 1 heterocycles. The Morgan fingerprint density at radius 2 is 2.06 bits per heavy atom. The van der Waals surface area contributed by atoms with E-state index in [1.165, 1.54) is 5.56 Å². The second-order valence-electron chi connectivity index (χ2n) is 3.96. The number of hydrogen-bond donors (Lipinski definition) is 2. The fourth-order valence-electron chi connectivity index (χ4n) is 1.66. The third-order valence-corrected chi connectivity index (χ3v) is 6.03. The van der Waals surface area contributed by atoms with Crippen molar-refractivity contribution in [3.63, 3.8) is 0 Å². The predicted molar refractivity (Wildman–Crippen MR) is 84.3 cm³/mol. The lowest BCUT2D eigenvalue weighted by molar-refractivity contribution is 0.277. The Bertz CT molecular complexity index is 522. The van der Waals surface area contributed by atoms with E-state index in [1.807, 2.05) is 24.3 Å². The maximum Gasteiger partial charge on any atom is 0.0844 e. The van der Waals surface area contributed by atoms with Crippen molar-refractivity contribution in [3.8, 4) is 0 Å². The van der Waals surface area contributed by atoms with Gasteiger partial charge in [-0.05, 0) is 56.5 Å². The largest absolute Gasteiger partial charge is 0.394 e. The van der Waals surface area contributed by atoms with Gasteiger partial charge >= 0.3 is 0 Å². The Kier molecular flexibility index (Phi) is 4.84. The predicted octanol–water partition coefficient (Wildman–Crippen LogP) is 4.73. The van der Waals surface area contributed by atoms with Crippen molar-refractivity contribution < 1.29 is 5.11 Å². The van der Waals surface area contributed by atoms with Crippen LogP contribution in [0.2, 0.25) is 0 Å². The number of thiophene rings is 1. The fraction of sp³-hybridized carbons (Fsp3) is 0.231. The van der Waals surface area contributed by atoms with E-state index < -0.39 is 0 Å². The monoisotopic (exact) mass is 389 g/mol. The Hall–Kier alpha value is -0.360. The van der Waals surface area contributed by atoms with Crippen molar-refractivity contribution in [2.24, 2.45) is 0 Å². The van der Waals surface area contributed by atoms with Crippen LogP contribution in [0.4, 0.5) is 5.69 Å². The molecule has 2 N–H and O–H groups in total. The molecular formula is C13H13Br2NOS. The first-order chi connectivity index (χ1) is 8.61. The van der Waals surface area contributed by atoms with Crippen molar-refractivity contribution in [1.82, 2.24) is 0 Å². The summed E-state index contributed by atoms with van der Waals surface area (Å²) in [5.74, 6) is 0. The molecule has 0 spiro atoms. The first-order valence-electron chi connectivity index (χ1n) is 5.49. The van der Waals surface area contributed by atoms with Crippen molar-refractivity contribution in [2.45, 2.75) is 13.0 Å². The summed E-state index contributed by atoms with van der Waals surface area (Å²) < 4.78 is 2.06. The number of aryl methyl sites for hydroxylation is 1. The zero-order valence-electron chi connectivity index (χ0n) is 9.78. The van der Waals surface area contributed by atoms with Crippen LogP contribution in [-0.4, -0.2) is 11.7 Å². The van der Waals surface area contributed by atoms with Gasteiger partial charge in [-0.1, -0.05) is 18.2 Å². The molecule has 0 aliphatic rings. The van der Waals surface area contributed by atoms with Gasteiger partial charge in [-0.15, -0.1) is 11.3 Å². The molecule has 2 rings (SSSR count). The number of aliphatic hydroxyl groups is 1. The lowest BCUT2D eigenvalue weighted by atomic mass is 10.1. The number of benzene rings is 1. The summed E-state index contributed by atoms with van der Waals surface area (Å²) in [6.45, 7) is 2.12. The molecule has 2 aromatic rings. The topological polar surface area (TPSA) is 32.3 Å². The van der Waals surface area contributed by atoms with Crippen LogP contribution < -0.4 is 5.32 Å². The molecule has 0 radical (unpaired) electrons. The van der Waals surface area contributed by atoms with Crippen molar-refractivity contribution >= 4 is 48.9 Å². The summed E-state index contributed by atoms with van der Waals surface area (Å²) in [6.07, 6.45) is 0. The Labute approximate surface area is 127 Å². The summed E-state index contributed by atoms with van der Waals surface area (Å²) >= 11 is 8.56. The second-order valence-corrected chi connectivity index (χ2v) is 7.22. The minimum absolute atomic E-state index is 0.0632. The van der Waals surface area contributed by atoms with Gasteiger partial charge in [0.25, 0.3) is 0 Å². The van der Waals surface area contributed by atoms with E-state index in [2.05, 4.69) is 50.2 Å². The average Bonchev–Trinajstić information content (AvgIpc) is 2.68. The quantitative estimate of drug-likeness (QED) is 0.790. The number of nitrogens with one attached hydrogen (secondary N) is 1. The molecule has 1 aromatic heterocycles. The van der Waals surface area contributed by atoms with Gasteiger partial charge < -0.3 is 10.4 Å². The minimum atomic E-state index is -0.0845. The molecule has 0 fully saturated rings. The molecule has 5 heteroatoms. The van der Waals surface area contributed by atoms with E-state index in [4.69, 9.17) is 0 Å². The van der Waals surface area contributed by atoms with Crippen molar-refractivity contribution in [1.29, 1.82) is 0 Å². The van der Waals surface area contributed by atoms with Gasteiger partial charge in [0.2, 0.25) is 0 Å². The molecule has 0 saturated carbocycles. The zero-order chi connectivity index (χ0) is 13.1. The number of rotatable bonds is 4. The van der Waals surface area contributed by atoms with Crippen molar-refractivity contribution in [2.75, 3.05) is 11.9 Å². The van der Waals surface area contributed by atoms with E-state index in [0.29, 0.717) is 0 Å². The van der Waals surface area contributed by atoms with Gasteiger partial charge in [0, 0.05) is 15.0 Å². The van der Waals surface area contributed by atoms with Crippen LogP contribution in [0.15, 0.2) is 38.6 Å². The third-order valence-electron chi connectivity index (χ3n) is 2.67. The number of hydrogen-bond acceptors (Lipinski definition) is 3. The summed E-state index contributed by atoms with van der Waals surface area (Å²) in [5.41, 5.74) is 2.22. The summed E-state index contributed by atoms with van der Waals surface area (Å²) in [7, 11) is 0. The van der Waals surface area contributed by atoms with Gasteiger partial charge in [-0.3, -0.25) is 0 Å². The van der Waals surface area contributed by atoms with Crippen LogP contribution in [0.5, 0.6) is 0 Å². The van der Waals surface area contributed by atoms with E-state index >= 15 is 0 Å². The van der Waals surface area contributed by atoms with E-state index in [1.54, 1.807) is 11.3 Å². The lowest BCUT2D eigenvalue weighted by Gasteiger charge is -2.17. The molecule has 0 aliphatic carbocycles. The molecule has 1 aromatic carbocycles. The lowest BCUT2D eigenvalue weighted by Crippen LogP contribution is -2.14. The third kappa shape index (κ3) is 3.15. The molecule has 96 valence electrons. The van der Waals surface area contributed by atoms with Crippen molar-refractivity contribution in [3.05, 3.63) is 49.0 Å². The highest BCUT2D eigenvalue weighted by atomic mass is 79.9. The fourth-order valence-corrected chi connectivity index (χ4v) is 3.80. The molecule has 0 aliphatic heterocycles. The summed E-state index contributed by atoms with van der Waals surface area (Å²) in [5, 5.41) is 12.9. The highest BCUT2D eigenvalue weighted by molar-refractivity contribution is 9.13. The second kappa shape index (κ2) is 6.19. The minimum Gasteiger partial charge on any atom is -0.394 e. The van der Waals surface area contributed by atoms with Gasteiger partial charge in [0.15, 0.2) is 0 Å². The first-order valence-corrected chi connectivity index (χ1v) is 7.90. The molecule has 0 amide bonds. The smallest absolute Gasteiger partial charge is 0.0844 e. The maximum atomic E-state index is 9.55. The Balaban J connectivity index is 2.22. The molecule has 2 nitrogen and oxygen atoms in total. The molecule has 0 bridgehead atoms. The normalized spacial score (nSPS) is 12.4.